The first-order chi connectivity index (χ1) is 16.1. The van der Waals surface area contributed by atoms with E-state index in [1.807, 2.05) is 0 Å². The molecule has 192 valence electrons. The molecule has 34 heavy (non-hydrogen) atoms. The molecule has 4 saturated carbocycles. The molecule has 1 N–H and O–H groups in total. The van der Waals surface area contributed by atoms with E-state index in [9.17, 15) is 9.90 Å². The average Bonchev–Trinajstić information content (AvgIpc) is 3.23. The van der Waals surface area contributed by atoms with Gasteiger partial charge < -0.3 is 19.3 Å². The fourth-order valence-corrected chi connectivity index (χ4v) is 10.5. The first kappa shape index (κ1) is 23.7. The number of rotatable bonds is 1. The van der Waals surface area contributed by atoms with E-state index in [1.165, 1.54) is 26.2 Å². The molecule has 6 fully saturated rings. The summed E-state index contributed by atoms with van der Waals surface area (Å²) in [5, 5.41) is 11.9. The molecule has 5 heteroatoms. The van der Waals surface area contributed by atoms with Gasteiger partial charge in [0.2, 0.25) is 0 Å². The van der Waals surface area contributed by atoms with Crippen LogP contribution >= 0.6 is 0 Å². The van der Waals surface area contributed by atoms with Crippen molar-refractivity contribution in [1.82, 2.24) is 0 Å². The predicted molar refractivity (Wildman–Crippen MR) is 129 cm³/mol. The summed E-state index contributed by atoms with van der Waals surface area (Å²) in [5.41, 5.74) is 0.162. The van der Waals surface area contributed by atoms with Crippen LogP contribution in [0.4, 0.5) is 0 Å². The lowest BCUT2D eigenvalue weighted by Crippen LogP contribution is -2.59. The van der Waals surface area contributed by atoms with Crippen LogP contribution in [0.2, 0.25) is 0 Å². The Kier molecular flexibility index (Phi) is 5.53. The standard InChI is InChI=1S/C29H46O5/c1-16-8-11-29(32-15-16)17(2)26-24(34-29)13-23-21-7-6-19-12-20(33-18(3)30)9-10-27(19,4)22(21)14-25(31)28(23,26)5/h16-17,19-26,31H,6-15H2,1-5H3/t16-,17-,19-,20-,21+,22-,23-,24+,25-,26-,27-,28+,29+/m0/s1. The molecule has 0 radical (unpaired) electrons. The van der Waals surface area contributed by atoms with Gasteiger partial charge >= 0.3 is 5.97 Å². The molecule has 0 unspecified atom stereocenters. The van der Waals surface area contributed by atoms with Gasteiger partial charge in [0.05, 0.1) is 18.8 Å². The van der Waals surface area contributed by atoms with Crippen LogP contribution in [0.3, 0.4) is 0 Å². The molecule has 4 aliphatic carbocycles. The highest BCUT2D eigenvalue weighted by atomic mass is 16.7. The van der Waals surface area contributed by atoms with Crippen LogP contribution in [-0.4, -0.2) is 41.8 Å². The number of hydrogen-bond donors (Lipinski definition) is 1. The number of ether oxygens (including phenoxy) is 3. The number of fused-ring (bicyclic) bond motifs is 7. The SMILES string of the molecule is CC(=O)O[C@H]1CC[C@@]2(C)[C@@H](CC[C@@H]3[C@@H]2C[C@H](O)[C@]2(C)[C@@H]4[C@@H](C[C@@H]32)O[C@]2(CC[C@H](C)CO2)[C@H]4C)C1. The Labute approximate surface area is 205 Å². The fourth-order valence-electron chi connectivity index (χ4n) is 10.5. The highest BCUT2D eigenvalue weighted by molar-refractivity contribution is 5.66. The number of carbonyl (C=O) groups excluding carboxylic acids is 1. The van der Waals surface area contributed by atoms with E-state index in [-0.39, 0.29) is 35.1 Å². The Morgan fingerprint density at radius 3 is 2.50 bits per heavy atom. The number of esters is 1. The summed E-state index contributed by atoms with van der Waals surface area (Å²) in [6.45, 7) is 11.8. The zero-order chi connectivity index (χ0) is 24.0. The van der Waals surface area contributed by atoms with Gasteiger partial charge in [0.25, 0.3) is 0 Å². The van der Waals surface area contributed by atoms with E-state index in [0.29, 0.717) is 41.4 Å². The van der Waals surface area contributed by atoms with Crippen LogP contribution in [0.15, 0.2) is 0 Å². The average molecular weight is 475 g/mol. The molecule has 6 rings (SSSR count). The summed E-state index contributed by atoms with van der Waals surface area (Å²) in [6, 6.07) is 0. The van der Waals surface area contributed by atoms with Gasteiger partial charge in [-0.15, -0.1) is 0 Å². The Balaban J connectivity index is 1.24. The lowest BCUT2D eigenvalue weighted by Gasteiger charge is -2.62. The number of carbonyl (C=O) groups is 1. The smallest absolute Gasteiger partial charge is 0.302 e. The summed E-state index contributed by atoms with van der Waals surface area (Å²) in [6.07, 6.45) is 9.76. The summed E-state index contributed by atoms with van der Waals surface area (Å²) in [7, 11) is 0. The maximum Gasteiger partial charge on any atom is 0.302 e. The third kappa shape index (κ3) is 3.18. The highest BCUT2D eigenvalue weighted by Crippen LogP contribution is 2.71. The van der Waals surface area contributed by atoms with Gasteiger partial charge in [-0.1, -0.05) is 27.7 Å². The van der Waals surface area contributed by atoms with Gasteiger partial charge in [0.1, 0.15) is 6.10 Å². The predicted octanol–water partition coefficient (Wildman–Crippen LogP) is 5.34. The van der Waals surface area contributed by atoms with Gasteiger partial charge in [-0.05, 0) is 86.4 Å². The number of aliphatic hydroxyl groups excluding tert-OH is 1. The monoisotopic (exact) mass is 474 g/mol. The molecule has 13 atom stereocenters. The fraction of sp³-hybridized carbons (Fsp3) is 0.966. The van der Waals surface area contributed by atoms with E-state index in [1.54, 1.807) is 0 Å². The zero-order valence-electron chi connectivity index (χ0n) is 21.9. The maximum atomic E-state index is 11.9. The Hall–Kier alpha value is -0.650. The molecule has 0 amide bonds. The molecule has 0 aromatic rings. The Bertz CT molecular complexity index is 819. The third-order valence-electron chi connectivity index (χ3n) is 12.3. The second-order valence-corrected chi connectivity index (χ2v) is 13.8. The van der Waals surface area contributed by atoms with Crippen molar-refractivity contribution in [2.75, 3.05) is 6.61 Å². The number of hydrogen-bond acceptors (Lipinski definition) is 5. The van der Waals surface area contributed by atoms with Gasteiger partial charge in [0, 0.05) is 30.6 Å². The zero-order valence-corrected chi connectivity index (χ0v) is 21.9. The van der Waals surface area contributed by atoms with E-state index < -0.39 is 5.79 Å². The van der Waals surface area contributed by atoms with Crippen LogP contribution in [0.5, 0.6) is 0 Å². The molecule has 2 saturated heterocycles. The van der Waals surface area contributed by atoms with Crippen LogP contribution in [0.1, 0.15) is 92.4 Å². The molecule has 5 nitrogen and oxygen atoms in total. The quantitative estimate of drug-likeness (QED) is 0.520. The second-order valence-electron chi connectivity index (χ2n) is 13.8. The molecular formula is C29H46O5. The molecule has 0 bridgehead atoms. The van der Waals surface area contributed by atoms with Crippen LogP contribution in [0, 0.1) is 52.3 Å². The van der Waals surface area contributed by atoms with Crippen molar-refractivity contribution in [3.63, 3.8) is 0 Å². The Morgan fingerprint density at radius 2 is 1.79 bits per heavy atom. The first-order valence-corrected chi connectivity index (χ1v) is 14.3. The maximum absolute atomic E-state index is 11.9. The summed E-state index contributed by atoms with van der Waals surface area (Å²) in [5.74, 6) is 3.11. The Morgan fingerprint density at radius 1 is 1.00 bits per heavy atom. The number of aliphatic hydroxyl groups is 1. The first-order valence-electron chi connectivity index (χ1n) is 14.3. The van der Waals surface area contributed by atoms with Crippen molar-refractivity contribution >= 4 is 5.97 Å². The molecular weight excluding hydrogens is 428 g/mol. The van der Waals surface area contributed by atoms with Crippen molar-refractivity contribution in [3.8, 4) is 0 Å². The molecule has 2 aliphatic heterocycles. The lowest BCUT2D eigenvalue weighted by atomic mass is 9.43. The minimum absolute atomic E-state index is 0.0837. The molecule has 2 heterocycles. The van der Waals surface area contributed by atoms with Gasteiger partial charge in [-0.3, -0.25) is 4.79 Å². The normalized spacial score (nSPS) is 58.5. The van der Waals surface area contributed by atoms with Crippen LogP contribution in [-0.2, 0) is 19.0 Å². The van der Waals surface area contributed by atoms with Gasteiger partial charge in [0.15, 0.2) is 5.79 Å². The van der Waals surface area contributed by atoms with Crippen molar-refractivity contribution in [1.29, 1.82) is 0 Å². The van der Waals surface area contributed by atoms with Crippen LogP contribution in [0.25, 0.3) is 0 Å². The van der Waals surface area contributed by atoms with Gasteiger partial charge in [-0.2, -0.15) is 0 Å². The summed E-state index contributed by atoms with van der Waals surface area (Å²) < 4.78 is 18.9. The minimum atomic E-state index is -0.425. The molecule has 1 spiro atoms. The summed E-state index contributed by atoms with van der Waals surface area (Å²) in [4.78, 5) is 11.6. The van der Waals surface area contributed by atoms with Crippen molar-refractivity contribution in [3.05, 3.63) is 0 Å². The van der Waals surface area contributed by atoms with Crippen molar-refractivity contribution in [2.24, 2.45) is 52.3 Å². The molecule has 0 aromatic heterocycles. The van der Waals surface area contributed by atoms with Crippen molar-refractivity contribution in [2.45, 2.75) is 117 Å². The van der Waals surface area contributed by atoms with Crippen molar-refractivity contribution < 1.29 is 24.1 Å². The second kappa shape index (κ2) is 7.92. The lowest BCUT2D eigenvalue weighted by molar-refractivity contribution is -0.274. The molecule has 6 aliphatic rings. The van der Waals surface area contributed by atoms with Crippen LogP contribution < -0.4 is 0 Å². The molecule has 0 aromatic carbocycles. The van der Waals surface area contributed by atoms with E-state index in [2.05, 4.69) is 27.7 Å². The summed E-state index contributed by atoms with van der Waals surface area (Å²) >= 11 is 0. The van der Waals surface area contributed by atoms with Gasteiger partial charge in [-0.25, -0.2) is 0 Å². The highest BCUT2D eigenvalue weighted by Gasteiger charge is 2.71. The minimum Gasteiger partial charge on any atom is -0.463 e. The largest absolute Gasteiger partial charge is 0.463 e. The van der Waals surface area contributed by atoms with E-state index >= 15 is 0 Å². The third-order valence-corrected chi connectivity index (χ3v) is 12.3. The van der Waals surface area contributed by atoms with E-state index in [4.69, 9.17) is 14.2 Å². The topological polar surface area (TPSA) is 65.0 Å². The van der Waals surface area contributed by atoms with E-state index in [0.717, 1.165) is 45.1 Å².